The quantitative estimate of drug-likeness (QED) is 0.495. The Hall–Kier alpha value is -2.29. The third kappa shape index (κ3) is 4.49. The molecule has 3 rings (SSSR count). The second kappa shape index (κ2) is 9.02. The topological polar surface area (TPSA) is 119 Å². The van der Waals surface area contributed by atoms with Crippen LogP contribution in [0.25, 0.3) is 11.1 Å². The summed E-state index contributed by atoms with van der Waals surface area (Å²) >= 11 is 0. The highest BCUT2D eigenvalue weighted by Gasteiger charge is 2.43. The van der Waals surface area contributed by atoms with Crippen molar-refractivity contribution in [1.82, 2.24) is 5.32 Å². The number of benzene rings is 2. The number of rotatable bonds is 5. The number of aliphatic hydroxyl groups is 4. The molecule has 1 fully saturated rings. The first-order valence-electron chi connectivity index (χ1n) is 9.58. The molecule has 1 heterocycles. The van der Waals surface area contributed by atoms with Gasteiger partial charge in [-0.3, -0.25) is 4.79 Å². The molecule has 0 bridgehead atoms. The molecule has 2 aromatic carbocycles. The van der Waals surface area contributed by atoms with Crippen LogP contribution in [0.4, 0.5) is 0 Å². The summed E-state index contributed by atoms with van der Waals surface area (Å²) in [5.74, 6) is -0.150. The number of carbonyl (C=O) groups excluding carboxylic acids is 1. The Morgan fingerprint density at radius 2 is 1.69 bits per heavy atom. The van der Waals surface area contributed by atoms with Gasteiger partial charge in [0.15, 0.2) is 0 Å². The molecule has 0 radical (unpaired) electrons. The van der Waals surface area contributed by atoms with E-state index in [1.807, 2.05) is 43.3 Å². The molecule has 7 nitrogen and oxygen atoms in total. The molecule has 5 N–H and O–H groups in total. The first kappa shape index (κ1) is 21.4. The van der Waals surface area contributed by atoms with Crippen LogP contribution in [0.15, 0.2) is 42.5 Å². The van der Waals surface area contributed by atoms with Crippen LogP contribution in [0, 0.1) is 6.92 Å². The lowest BCUT2D eigenvalue weighted by molar-refractivity contribution is -0.228. The molecule has 0 unspecified atom stereocenters. The summed E-state index contributed by atoms with van der Waals surface area (Å²) < 4.78 is 5.60. The number of nitrogens with one attached hydrogen (secondary N) is 1. The summed E-state index contributed by atoms with van der Waals surface area (Å²) in [6.45, 7) is 1.49. The van der Waals surface area contributed by atoms with E-state index in [-0.39, 0.29) is 5.91 Å². The summed E-state index contributed by atoms with van der Waals surface area (Å²) in [5, 5.41) is 42.1. The lowest BCUT2D eigenvalue weighted by Gasteiger charge is -2.40. The van der Waals surface area contributed by atoms with Crippen LogP contribution in [0.2, 0.25) is 0 Å². The summed E-state index contributed by atoms with van der Waals surface area (Å²) in [7, 11) is 1.59. The first-order valence-corrected chi connectivity index (χ1v) is 9.58. The van der Waals surface area contributed by atoms with Gasteiger partial charge in [0, 0.05) is 19.0 Å². The van der Waals surface area contributed by atoms with Crippen LogP contribution in [0.3, 0.4) is 0 Å². The standard InChI is InChI=1S/C22H27NO6/c1-12-8-15(14-4-3-5-16(9-14)22(28)23-2)7-6-13(12)10-17-19(25)21(27)20(26)18(11-24)29-17/h3-9,17-21,24-27H,10-11H2,1-2H3,(H,23,28)/t17-,18-,19-,20-,21-/m1/s1. The zero-order valence-corrected chi connectivity index (χ0v) is 16.4. The fraction of sp³-hybridized carbons (Fsp3) is 0.409. The van der Waals surface area contributed by atoms with E-state index in [0.29, 0.717) is 12.0 Å². The van der Waals surface area contributed by atoms with Gasteiger partial charge in [0.1, 0.15) is 24.4 Å². The van der Waals surface area contributed by atoms with E-state index in [1.54, 1.807) is 13.1 Å². The fourth-order valence-electron chi connectivity index (χ4n) is 3.65. The van der Waals surface area contributed by atoms with E-state index in [1.165, 1.54) is 0 Å². The van der Waals surface area contributed by atoms with Gasteiger partial charge in [-0.15, -0.1) is 0 Å². The van der Waals surface area contributed by atoms with Crippen LogP contribution >= 0.6 is 0 Å². The molecule has 1 aliphatic rings. The van der Waals surface area contributed by atoms with Crippen molar-refractivity contribution in [3.05, 3.63) is 59.2 Å². The van der Waals surface area contributed by atoms with Gasteiger partial charge in [-0.25, -0.2) is 0 Å². The Labute approximate surface area is 169 Å². The van der Waals surface area contributed by atoms with Gasteiger partial charge >= 0.3 is 0 Å². The van der Waals surface area contributed by atoms with Crippen molar-refractivity contribution in [3.8, 4) is 11.1 Å². The van der Waals surface area contributed by atoms with Crippen molar-refractivity contribution in [2.45, 2.75) is 43.9 Å². The lowest BCUT2D eigenvalue weighted by atomic mass is 9.89. The lowest BCUT2D eigenvalue weighted by Crippen LogP contribution is -2.59. The third-order valence-corrected chi connectivity index (χ3v) is 5.44. The number of hydrogen-bond donors (Lipinski definition) is 5. The second-order valence-corrected chi connectivity index (χ2v) is 7.37. The summed E-state index contributed by atoms with van der Waals surface area (Å²) in [5.41, 5.74) is 4.32. The maximum Gasteiger partial charge on any atom is 0.251 e. The molecule has 1 amide bonds. The van der Waals surface area contributed by atoms with Crippen molar-refractivity contribution in [3.63, 3.8) is 0 Å². The van der Waals surface area contributed by atoms with E-state index in [4.69, 9.17) is 4.74 Å². The molecule has 29 heavy (non-hydrogen) atoms. The zero-order chi connectivity index (χ0) is 21.1. The zero-order valence-electron chi connectivity index (χ0n) is 16.4. The van der Waals surface area contributed by atoms with Crippen LogP contribution in [-0.2, 0) is 11.2 Å². The molecular formula is C22H27NO6. The predicted octanol–water partition coefficient (Wildman–Crippen LogP) is 0.407. The average molecular weight is 401 g/mol. The minimum atomic E-state index is -1.38. The molecule has 1 aliphatic heterocycles. The SMILES string of the molecule is CNC(=O)c1cccc(-c2ccc(C[C@H]3O[C@H](CO)[C@@H](O)[C@H](O)[C@@H]3O)c(C)c2)c1. The number of amides is 1. The maximum atomic E-state index is 11.9. The molecule has 0 saturated carbocycles. The fourth-order valence-corrected chi connectivity index (χ4v) is 3.65. The Morgan fingerprint density at radius 3 is 2.34 bits per heavy atom. The summed E-state index contributed by atoms with van der Waals surface area (Å²) in [4.78, 5) is 11.9. The molecular weight excluding hydrogens is 374 g/mol. The van der Waals surface area contributed by atoms with Crippen molar-refractivity contribution >= 4 is 5.91 Å². The van der Waals surface area contributed by atoms with Gasteiger partial charge in [-0.1, -0.05) is 30.3 Å². The minimum absolute atomic E-state index is 0.150. The number of carbonyl (C=O) groups is 1. The summed E-state index contributed by atoms with van der Waals surface area (Å²) in [6, 6.07) is 13.2. The number of aryl methyl sites for hydroxylation is 1. The van der Waals surface area contributed by atoms with Crippen molar-refractivity contribution < 1.29 is 30.0 Å². The van der Waals surface area contributed by atoms with E-state index in [2.05, 4.69) is 5.32 Å². The van der Waals surface area contributed by atoms with Crippen LogP contribution < -0.4 is 5.32 Å². The highest BCUT2D eigenvalue weighted by atomic mass is 16.5. The second-order valence-electron chi connectivity index (χ2n) is 7.37. The molecule has 7 heteroatoms. The van der Waals surface area contributed by atoms with Gasteiger partial charge in [-0.2, -0.15) is 0 Å². The molecule has 0 spiro atoms. The molecule has 0 aromatic heterocycles. The van der Waals surface area contributed by atoms with Crippen LogP contribution in [0.5, 0.6) is 0 Å². The minimum Gasteiger partial charge on any atom is -0.394 e. The van der Waals surface area contributed by atoms with Gasteiger partial charge in [-0.05, 0) is 41.3 Å². The highest BCUT2D eigenvalue weighted by molar-refractivity contribution is 5.95. The van der Waals surface area contributed by atoms with E-state index >= 15 is 0 Å². The van der Waals surface area contributed by atoms with Crippen molar-refractivity contribution in [1.29, 1.82) is 0 Å². The van der Waals surface area contributed by atoms with E-state index in [0.717, 1.165) is 22.3 Å². The van der Waals surface area contributed by atoms with Crippen LogP contribution in [-0.4, -0.2) is 70.5 Å². The molecule has 1 saturated heterocycles. The Bertz CT molecular complexity index is 868. The smallest absolute Gasteiger partial charge is 0.251 e. The van der Waals surface area contributed by atoms with E-state index < -0.39 is 37.1 Å². The Kier molecular flexibility index (Phi) is 6.66. The molecule has 2 aromatic rings. The van der Waals surface area contributed by atoms with Crippen LogP contribution in [0.1, 0.15) is 21.5 Å². The summed E-state index contributed by atoms with van der Waals surface area (Å²) in [6.07, 6.45) is -5.32. The van der Waals surface area contributed by atoms with Crippen molar-refractivity contribution in [2.24, 2.45) is 0 Å². The van der Waals surface area contributed by atoms with Gasteiger partial charge < -0.3 is 30.5 Å². The Morgan fingerprint density at radius 1 is 1.00 bits per heavy atom. The van der Waals surface area contributed by atoms with Crippen molar-refractivity contribution in [2.75, 3.05) is 13.7 Å². The molecule has 5 atom stereocenters. The number of aliphatic hydroxyl groups excluding tert-OH is 4. The van der Waals surface area contributed by atoms with Gasteiger partial charge in [0.25, 0.3) is 5.91 Å². The highest BCUT2D eigenvalue weighted by Crippen LogP contribution is 2.27. The number of ether oxygens (including phenoxy) is 1. The maximum absolute atomic E-state index is 11.9. The Balaban J connectivity index is 1.81. The van der Waals surface area contributed by atoms with Gasteiger partial charge in [0.05, 0.1) is 12.7 Å². The molecule has 156 valence electrons. The third-order valence-electron chi connectivity index (χ3n) is 5.44. The monoisotopic (exact) mass is 401 g/mol. The average Bonchev–Trinajstić information content (AvgIpc) is 2.74. The first-order chi connectivity index (χ1) is 13.8. The molecule has 0 aliphatic carbocycles. The number of hydrogen-bond acceptors (Lipinski definition) is 6. The largest absolute Gasteiger partial charge is 0.394 e. The normalized spacial score (nSPS) is 26.9. The van der Waals surface area contributed by atoms with E-state index in [9.17, 15) is 25.2 Å². The predicted molar refractivity (Wildman–Crippen MR) is 107 cm³/mol. The van der Waals surface area contributed by atoms with Gasteiger partial charge in [0.2, 0.25) is 0 Å².